The number of hydrogen-bond donors (Lipinski definition) is 1. The molecule has 1 unspecified atom stereocenters. The van der Waals surface area contributed by atoms with E-state index in [4.69, 9.17) is 4.74 Å². The predicted octanol–water partition coefficient (Wildman–Crippen LogP) is 4.18. The Balaban J connectivity index is 2.07. The Kier molecular flexibility index (Phi) is 4.61. The van der Waals surface area contributed by atoms with Gasteiger partial charge in [0.1, 0.15) is 18.0 Å². The minimum absolute atomic E-state index is 0.0193. The van der Waals surface area contributed by atoms with E-state index >= 15 is 0 Å². The first kappa shape index (κ1) is 16.8. The van der Waals surface area contributed by atoms with E-state index in [-0.39, 0.29) is 5.91 Å². The van der Waals surface area contributed by atoms with Crippen molar-refractivity contribution >= 4 is 11.6 Å². The van der Waals surface area contributed by atoms with Crippen molar-refractivity contribution in [3.63, 3.8) is 0 Å². The third kappa shape index (κ3) is 3.03. The maximum Gasteiger partial charge on any atom is 0.258 e. The highest BCUT2D eigenvalue weighted by molar-refractivity contribution is 6.02. The van der Waals surface area contributed by atoms with Crippen LogP contribution in [0.15, 0.2) is 73.8 Å². The molecule has 4 heteroatoms. The summed E-state index contributed by atoms with van der Waals surface area (Å²) in [6, 6.07) is 15.3. The van der Waals surface area contributed by atoms with Crippen molar-refractivity contribution in [2.75, 3.05) is 18.5 Å². The molecule has 0 spiro atoms. The minimum Gasteiger partial charge on any atom is -0.490 e. The van der Waals surface area contributed by atoms with E-state index in [1.165, 1.54) is 0 Å². The molecule has 128 valence electrons. The fourth-order valence-electron chi connectivity index (χ4n) is 3.12. The Labute approximate surface area is 148 Å². The molecule has 1 amide bonds. The summed E-state index contributed by atoms with van der Waals surface area (Å²) < 4.78 is 5.65. The van der Waals surface area contributed by atoms with Crippen molar-refractivity contribution in [3.05, 3.63) is 85.0 Å². The zero-order chi connectivity index (χ0) is 17.9. The van der Waals surface area contributed by atoms with Crippen molar-refractivity contribution in [3.8, 4) is 5.75 Å². The van der Waals surface area contributed by atoms with Gasteiger partial charge in [-0.15, -0.1) is 6.58 Å². The fourth-order valence-corrected chi connectivity index (χ4v) is 3.12. The lowest BCUT2D eigenvalue weighted by atomic mass is 9.93. The number of ether oxygens (including phenoxy) is 1. The lowest BCUT2D eigenvalue weighted by molar-refractivity contribution is 0.0572. The van der Waals surface area contributed by atoms with E-state index in [9.17, 15) is 4.79 Å². The maximum atomic E-state index is 13.0. The standard InChI is InChI=1S/C21H22N2O2/c1-4-13-23-20(24)18-11-6-7-12-19(18)22-21(23,3)16-9-8-10-17(15-16)25-14-5-2/h4-12,15,22H,1-2,13-14H2,3H3. The number of rotatable bonds is 6. The van der Waals surface area contributed by atoms with Gasteiger partial charge >= 0.3 is 0 Å². The van der Waals surface area contributed by atoms with E-state index < -0.39 is 5.66 Å². The molecule has 2 aromatic carbocycles. The Morgan fingerprint density at radius 1 is 1.16 bits per heavy atom. The highest BCUT2D eigenvalue weighted by Gasteiger charge is 2.41. The molecule has 1 aliphatic heterocycles. The van der Waals surface area contributed by atoms with Crippen LogP contribution in [-0.2, 0) is 5.66 Å². The van der Waals surface area contributed by atoms with Crippen LogP contribution >= 0.6 is 0 Å². The summed E-state index contributed by atoms with van der Waals surface area (Å²) in [7, 11) is 0. The van der Waals surface area contributed by atoms with Crippen molar-refractivity contribution in [2.45, 2.75) is 12.6 Å². The van der Waals surface area contributed by atoms with Crippen LogP contribution in [-0.4, -0.2) is 24.0 Å². The van der Waals surface area contributed by atoms with Crippen LogP contribution in [0.2, 0.25) is 0 Å². The van der Waals surface area contributed by atoms with Gasteiger partial charge in [0.2, 0.25) is 0 Å². The van der Waals surface area contributed by atoms with Gasteiger partial charge in [0, 0.05) is 17.8 Å². The molecule has 0 radical (unpaired) electrons. The molecular formula is C21H22N2O2. The third-order valence-corrected chi connectivity index (χ3v) is 4.40. The van der Waals surface area contributed by atoms with E-state index in [2.05, 4.69) is 18.5 Å². The van der Waals surface area contributed by atoms with Crippen molar-refractivity contribution in [2.24, 2.45) is 0 Å². The van der Waals surface area contributed by atoms with E-state index in [1.54, 1.807) is 17.1 Å². The number of nitrogens with one attached hydrogen (secondary N) is 1. The number of amides is 1. The molecule has 3 rings (SSSR count). The molecule has 0 saturated heterocycles. The van der Waals surface area contributed by atoms with Gasteiger partial charge in [-0.25, -0.2) is 0 Å². The largest absolute Gasteiger partial charge is 0.490 e. The van der Waals surface area contributed by atoms with Gasteiger partial charge in [-0.05, 0) is 31.2 Å². The van der Waals surface area contributed by atoms with Gasteiger partial charge in [-0.2, -0.15) is 0 Å². The van der Waals surface area contributed by atoms with Crippen LogP contribution in [0.4, 0.5) is 5.69 Å². The smallest absolute Gasteiger partial charge is 0.258 e. The third-order valence-electron chi connectivity index (χ3n) is 4.40. The second kappa shape index (κ2) is 6.85. The average Bonchev–Trinajstić information content (AvgIpc) is 2.64. The zero-order valence-electron chi connectivity index (χ0n) is 14.4. The molecule has 1 N–H and O–H groups in total. The Morgan fingerprint density at radius 3 is 2.72 bits per heavy atom. The number of anilines is 1. The lowest BCUT2D eigenvalue weighted by Gasteiger charge is -2.46. The van der Waals surface area contributed by atoms with Crippen molar-refractivity contribution in [1.82, 2.24) is 4.90 Å². The summed E-state index contributed by atoms with van der Waals surface area (Å²) in [4.78, 5) is 14.8. The predicted molar refractivity (Wildman–Crippen MR) is 101 cm³/mol. The average molecular weight is 334 g/mol. The van der Waals surface area contributed by atoms with Gasteiger partial charge < -0.3 is 15.0 Å². The van der Waals surface area contributed by atoms with Crippen LogP contribution in [0.25, 0.3) is 0 Å². The quantitative estimate of drug-likeness (QED) is 0.806. The zero-order valence-corrected chi connectivity index (χ0v) is 14.4. The monoisotopic (exact) mass is 334 g/mol. The van der Waals surface area contributed by atoms with Gasteiger partial charge in [0.15, 0.2) is 0 Å². The number of hydrogen-bond acceptors (Lipinski definition) is 3. The Hall–Kier alpha value is -3.01. The van der Waals surface area contributed by atoms with Crippen LogP contribution < -0.4 is 10.1 Å². The first-order chi connectivity index (χ1) is 12.1. The second-order valence-electron chi connectivity index (χ2n) is 6.07. The van der Waals surface area contributed by atoms with E-state index in [1.807, 2.05) is 55.5 Å². The van der Waals surface area contributed by atoms with Crippen LogP contribution in [0, 0.1) is 0 Å². The highest BCUT2D eigenvalue weighted by atomic mass is 16.5. The van der Waals surface area contributed by atoms with Gasteiger partial charge in [-0.1, -0.05) is 43.0 Å². The lowest BCUT2D eigenvalue weighted by Crippen LogP contribution is -2.55. The fraction of sp³-hybridized carbons (Fsp3) is 0.190. The summed E-state index contributed by atoms with van der Waals surface area (Å²) in [5.41, 5.74) is 1.74. The summed E-state index contributed by atoms with van der Waals surface area (Å²) >= 11 is 0. The van der Waals surface area contributed by atoms with Crippen LogP contribution in [0.5, 0.6) is 5.75 Å². The number of para-hydroxylation sites is 1. The summed E-state index contributed by atoms with van der Waals surface area (Å²) in [6.07, 6.45) is 3.45. The first-order valence-electron chi connectivity index (χ1n) is 8.24. The molecule has 0 aliphatic carbocycles. The molecule has 2 aromatic rings. The Bertz CT molecular complexity index is 815. The number of carbonyl (C=O) groups is 1. The second-order valence-corrected chi connectivity index (χ2v) is 6.07. The van der Waals surface area contributed by atoms with Crippen LogP contribution in [0.3, 0.4) is 0 Å². The molecule has 0 fully saturated rings. The van der Waals surface area contributed by atoms with Crippen molar-refractivity contribution in [1.29, 1.82) is 0 Å². The molecule has 1 atom stereocenters. The molecule has 1 heterocycles. The normalized spacial score (nSPS) is 18.9. The molecule has 0 bridgehead atoms. The molecular weight excluding hydrogens is 312 g/mol. The molecule has 0 saturated carbocycles. The first-order valence-corrected chi connectivity index (χ1v) is 8.24. The van der Waals surface area contributed by atoms with Crippen LogP contribution in [0.1, 0.15) is 22.8 Å². The highest BCUT2D eigenvalue weighted by Crippen LogP contribution is 2.38. The molecule has 1 aliphatic rings. The number of carbonyl (C=O) groups excluding carboxylic acids is 1. The maximum absolute atomic E-state index is 13.0. The Morgan fingerprint density at radius 2 is 1.96 bits per heavy atom. The minimum atomic E-state index is -0.701. The topological polar surface area (TPSA) is 41.6 Å². The summed E-state index contributed by atoms with van der Waals surface area (Å²) in [5, 5.41) is 3.52. The molecule has 0 aromatic heterocycles. The van der Waals surface area contributed by atoms with E-state index in [0.29, 0.717) is 18.7 Å². The number of fused-ring (bicyclic) bond motifs is 1. The summed E-state index contributed by atoms with van der Waals surface area (Å²) in [6.45, 7) is 10.3. The van der Waals surface area contributed by atoms with Gasteiger partial charge in [0.25, 0.3) is 5.91 Å². The van der Waals surface area contributed by atoms with Crippen molar-refractivity contribution < 1.29 is 9.53 Å². The van der Waals surface area contributed by atoms with Gasteiger partial charge in [-0.3, -0.25) is 4.79 Å². The van der Waals surface area contributed by atoms with Gasteiger partial charge in [0.05, 0.1) is 5.56 Å². The van der Waals surface area contributed by atoms with E-state index in [0.717, 1.165) is 17.0 Å². The molecule has 4 nitrogen and oxygen atoms in total. The molecule has 25 heavy (non-hydrogen) atoms. The SMILES string of the molecule is C=CCOc1cccc(C2(C)Nc3ccccc3C(=O)N2CC=C)c1. The number of benzene rings is 2. The summed E-state index contributed by atoms with van der Waals surface area (Å²) in [5.74, 6) is 0.722. The number of nitrogens with zero attached hydrogens (tertiary/aromatic N) is 1.